The SMILES string of the molecule is CC(C)OC1C=CC(=O)CO1. The van der Waals surface area contributed by atoms with Crippen LogP contribution in [0.15, 0.2) is 12.2 Å². The fourth-order valence-corrected chi connectivity index (χ4v) is 0.807. The summed E-state index contributed by atoms with van der Waals surface area (Å²) in [5.74, 6) is -0.00592. The molecule has 3 nitrogen and oxygen atoms in total. The average Bonchev–Trinajstić information content (AvgIpc) is 1.93. The van der Waals surface area contributed by atoms with Crippen LogP contribution in [-0.2, 0) is 14.3 Å². The first-order chi connectivity index (χ1) is 5.18. The smallest absolute Gasteiger partial charge is 0.181 e. The summed E-state index contributed by atoms with van der Waals surface area (Å²) >= 11 is 0. The van der Waals surface area contributed by atoms with E-state index in [4.69, 9.17) is 9.47 Å². The van der Waals surface area contributed by atoms with Crippen LogP contribution in [-0.4, -0.2) is 24.8 Å². The second-order valence-electron chi connectivity index (χ2n) is 2.69. The summed E-state index contributed by atoms with van der Waals surface area (Å²) < 4.78 is 10.3. The summed E-state index contributed by atoms with van der Waals surface area (Å²) in [6.45, 7) is 3.98. The molecule has 0 N–H and O–H groups in total. The molecule has 1 aliphatic heterocycles. The van der Waals surface area contributed by atoms with Gasteiger partial charge in [-0.25, -0.2) is 0 Å². The molecule has 0 aromatic heterocycles. The van der Waals surface area contributed by atoms with Crippen LogP contribution in [0.5, 0.6) is 0 Å². The first kappa shape index (κ1) is 8.43. The molecule has 1 rings (SSSR count). The minimum atomic E-state index is -0.340. The maximum absolute atomic E-state index is 10.6. The van der Waals surface area contributed by atoms with Crippen molar-refractivity contribution < 1.29 is 14.3 Å². The van der Waals surface area contributed by atoms with E-state index in [0.29, 0.717) is 0 Å². The van der Waals surface area contributed by atoms with Gasteiger partial charge in [-0.2, -0.15) is 0 Å². The lowest BCUT2D eigenvalue weighted by Gasteiger charge is -2.19. The van der Waals surface area contributed by atoms with Crippen molar-refractivity contribution in [2.45, 2.75) is 26.2 Å². The highest BCUT2D eigenvalue weighted by atomic mass is 16.7. The third-order valence-electron chi connectivity index (χ3n) is 1.24. The molecule has 1 aliphatic rings. The van der Waals surface area contributed by atoms with Gasteiger partial charge in [-0.3, -0.25) is 4.79 Å². The topological polar surface area (TPSA) is 35.5 Å². The molecule has 11 heavy (non-hydrogen) atoms. The molecule has 0 spiro atoms. The van der Waals surface area contributed by atoms with E-state index in [1.54, 1.807) is 6.08 Å². The second kappa shape index (κ2) is 3.64. The summed E-state index contributed by atoms with van der Waals surface area (Å²) in [6.07, 6.45) is 2.91. The fourth-order valence-electron chi connectivity index (χ4n) is 0.807. The van der Waals surface area contributed by atoms with Crippen molar-refractivity contribution in [3.05, 3.63) is 12.2 Å². The van der Waals surface area contributed by atoms with Gasteiger partial charge >= 0.3 is 0 Å². The Morgan fingerprint density at radius 2 is 2.45 bits per heavy atom. The van der Waals surface area contributed by atoms with E-state index in [1.807, 2.05) is 13.8 Å². The Morgan fingerprint density at radius 1 is 1.73 bits per heavy atom. The number of ether oxygens (including phenoxy) is 2. The van der Waals surface area contributed by atoms with Gasteiger partial charge in [0.1, 0.15) is 6.61 Å². The highest BCUT2D eigenvalue weighted by molar-refractivity contribution is 5.91. The summed E-state index contributed by atoms with van der Waals surface area (Å²) in [7, 11) is 0. The van der Waals surface area contributed by atoms with Crippen molar-refractivity contribution in [3.63, 3.8) is 0 Å². The predicted octanol–water partition coefficient (Wildman–Crippen LogP) is 0.893. The van der Waals surface area contributed by atoms with Gasteiger partial charge < -0.3 is 9.47 Å². The zero-order chi connectivity index (χ0) is 8.27. The van der Waals surface area contributed by atoms with E-state index < -0.39 is 0 Å². The lowest BCUT2D eigenvalue weighted by molar-refractivity contribution is -0.151. The minimum Gasteiger partial charge on any atom is -0.346 e. The highest BCUT2D eigenvalue weighted by Gasteiger charge is 2.13. The van der Waals surface area contributed by atoms with E-state index >= 15 is 0 Å². The maximum atomic E-state index is 10.6. The number of hydrogen-bond donors (Lipinski definition) is 0. The van der Waals surface area contributed by atoms with Crippen LogP contribution in [0.1, 0.15) is 13.8 Å². The quantitative estimate of drug-likeness (QED) is 0.595. The van der Waals surface area contributed by atoms with Gasteiger partial charge in [0.05, 0.1) is 6.10 Å². The van der Waals surface area contributed by atoms with Crippen molar-refractivity contribution in [1.82, 2.24) is 0 Å². The Bertz CT molecular complexity index is 172. The number of carbonyl (C=O) groups excluding carboxylic acids is 1. The standard InChI is InChI=1S/C8H12O3/c1-6(2)11-8-4-3-7(9)5-10-8/h3-4,6,8H,5H2,1-2H3. The number of rotatable bonds is 2. The Morgan fingerprint density at radius 3 is 2.91 bits per heavy atom. The van der Waals surface area contributed by atoms with Crippen LogP contribution in [0.3, 0.4) is 0 Å². The van der Waals surface area contributed by atoms with Gasteiger partial charge in [0, 0.05) is 0 Å². The van der Waals surface area contributed by atoms with Crippen LogP contribution in [0, 0.1) is 0 Å². The molecule has 62 valence electrons. The molecular formula is C8H12O3. The van der Waals surface area contributed by atoms with Crippen molar-refractivity contribution in [3.8, 4) is 0 Å². The van der Waals surface area contributed by atoms with Gasteiger partial charge in [0.25, 0.3) is 0 Å². The van der Waals surface area contributed by atoms with Gasteiger partial charge in [-0.1, -0.05) is 0 Å². The summed E-state index contributed by atoms with van der Waals surface area (Å²) in [4.78, 5) is 10.6. The molecule has 0 aliphatic carbocycles. The molecule has 0 amide bonds. The number of ketones is 1. The van der Waals surface area contributed by atoms with E-state index in [9.17, 15) is 4.79 Å². The monoisotopic (exact) mass is 156 g/mol. The van der Waals surface area contributed by atoms with Crippen molar-refractivity contribution in [2.24, 2.45) is 0 Å². The first-order valence-corrected chi connectivity index (χ1v) is 3.66. The Hall–Kier alpha value is -0.670. The molecule has 0 aromatic carbocycles. The summed E-state index contributed by atoms with van der Waals surface area (Å²) in [5.41, 5.74) is 0. The minimum absolute atomic E-state index is 0.00592. The van der Waals surface area contributed by atoms with Gasteiger partial charge in [0.2, 0.25) is 0 Å². The van der Waals surface area contributed by atoms with Gasteiger partial charge in [0.15, 0.2) is 12.1 Å². The van der Waals surface area contributed by atoms with Gasteiger partial charge in [-0.05, 0) is 26.0 Å². The fraction of sp³-hybridized carbons (Fsp3) is 0.625. The second-order valence-corrected chi connectivity index (χ2v) is 2.69. The number of hydrogen-bond acceptors (Lipinski definition) is 3. The van der Waals surface area contributed by atoms with E-state index in [1.165, 1.54) is 6.08 Å². The van der Waals surface area contributed by atoms with Crippen LogP contribution in [0.2, 0.25) is 0 Å². The van der Waals surface area contributed by atoms with E-state index in [0.717, 1.165) is 0 Å². The van der Waals surface area contributed by atoms with Crippen molar-refractivity contribution >= 4 is 5.78 Å². The lowest BCUT2D eigenvalue weighted by Crippen LogP contribution is -2.25. The molecule has 0 saturated carbocycles. The van der Waals surface area contributed by atoms with E-state index in [-0.39, 0.29) is 24.8 Å². The largest absolute Gasteiger partial charge is 0.346 e. The Kier molecular flexibility index (Phi) is 2.79. The molecule has 0 aromatic rings. The zero-order valence-corrected chi connectivity index (χ0v) is 6.74. The molecular weight excluding hydrogens is 144 g/mol. The predicted molar refractivity (Wildman–Crippen MR) is 40.1 cm³/mol. The number of carbonyl (C=O) groups is 1. The molecule has 0 fully saturated rings. The van der Waals surface area contributed by atoms with Gasteiger partial charge in [-0.15, -0.1) is 0 Å². The molecule has 0 bridgehead atoms. The van der Waals surface area contributed by atoms with Crippen LogP contribution >= 0.6 is 0 Å². The first-order valence-electron chi connectivity index (χ1n) is 3.66. The summed E-state index contributed by atoms with van der Waals surface area (Å²) in [5, 5.41) is 0. The highest BCUT2D eigenvalue weighted by Crippen LogP contribution is 2.05. The third kappa shape index (κ3) is 2.82. The molecule has 0 saturated heterocycles. The van der Waals surface area contributed by atoms with Crippen LogP contribution in [0.25, 0.3) is 0 Å². The molecule has 1 unspecified atom stereocenters. The lowest BCUT2D eigenvalue weighted by atomic mass is 10.3. The Labute approximate surface area is 66.0 Å². The molecule has 1 heterocycles. The molecule has 0 radical (unpaired) electrons. The molecule has 3 heteroatoms. The maximum Gasteiger partial charge on any atom is 0.181 e. The zero-order valence-electron chi connectivity index (χ0n) is 6.74. The average molecular weight is 156 g/mol. The Balaban J connectivity index is 2.38. The normalized spacial score (nSPS) is 24.6. The van der Waals surface area contributed by atoms with Crippen LogP contribution < -0.4 is 0 Å². The van der Waals surface area contributed by atoms with Crippen molar-refractivity contribution in [1.29, 1.82) is 0 Å². The summed E-state index contributed by atoms with van der Waals surface area (Å²) in [6, 6.07) is 0. The van der Waals surface area contributed by atoms with Crippen molar-refractivity contribution in [2.75, 3.05) is 6.61 Å². The molecule has 1 atom stereocenters. The van der Waals surface area contributed by atoms with Crippen LogP contribution in [0.4, 0.5) is 0 Å². The third-order valence-corrected chi connectivity index (χ3v) is 1.24. The van der Waals surface area contributed by atoms with E-state index in [2.05, 4.69) is 0 Å².